The predicted octanol–water partition coefficient (Wildman–Crippen LogP) is 1.00. The van der Waals surface area contributed by atoms with Crippen LogP contribution in [0, 0.1) is 6.92 Å². The number of aromatic amines is 1. The highest BCUT2D eigenvalue weighted by Crippen LogP contribution is 2.38. The van der Waals surface area contributed by atoms with E-state index in [0.29, 0.717) is 6.79 Å². The third-order valence-electron chi connectivity index (χ3n) is 4.49. The molecule has 0 spiro atoms. The largest absolute Gasteiger partial charge is 1.00 e. The standard InChI is InChI=1S/C19H13NO2.ClH/c1-11-3-2-4-13-14-6-5-12-7-17-18(22-10-21-17)8-15(12)19(14)20-9-16(11)13;/h2-9H,10H2,1H3;1H. The Morgan fingerprint density at radius 2 is 1.70 bits per heavy atom. The van der Waals surface area contributed by atoms with E-state index in [1.165, 1.54) is 21.7 Å². The summed E-state index contributed by atoms with van der Waals surface area (Å²) in [4.78, 5) is 3.47. The highest BCUT2D eigenvalue weighted by Gasteiger charge is 2.18. The van der Waals surface area contributed by atoms with Gasteiger partial charge in [0.15, 0.2) is 17.7 Å². The van der Waals surface area contributed by atoms with Crippen LogP contribution in [0.5, 0.6) is 11.5 Å². The summed E-state index contributed by atoms with van der Waals surface area (Å²) in [5.41, 5.74) is 2.41. The SMILES string of the molecule is Cc1cccc2c1c[nH+]c1c3cc4c(cc3ccc21)OCO4.[Cl-]. The number of aromatic nitrogens is 1. The zero-order valence-corrected chi connectivity index (χ0v) is 13.3. The van der Waals surface area contributed by atoms with Crippen LogP contribution in [0.25, 0.3) is 32.4 Å². The van der Waals surface area contributed by atoms with Crippen LogP contribution in [-0.4, -0.2) is 6.79 Å². The molecule has 1 N–H and O–H groups in total. The van der Waals surface area contributed by atoms with E-state index in [0.717, 1.165) is 27.8 Å². The summed E-state index contributed by atoms with van der Waals surface area (Å²) in [6, 6.07) is 14.9. The molecule has 1 aliphatic rings. The van der Waals surface area contributed by atoms with Gasteiger partial charge in [0.1, 0.15) is 0 Å². The minimum atomic E-state index is 0. The molecular formula is C19H14ClNO2. The molecule has 0 aliphatic carbocycles. The molecule has 3 aromatic carbocycles. The molecule has 4 heteroatoms. The van der Waals surface area contributed by atoms with Crippen molar-refractivity contribution in [3.05, 3.63) is 54.2 Å². The molecule has 0 saturated carbocycles. The summed E-state index contributed by atoms with van der Waals surface area (Å²) in [5, 5.41) is 6.07. The fourth-order valence-corrected chi connectivity index (χ4v) is 3.35. The molecule has 0 fully saturated rings. The van der Waals surface area contributed by atoms with E-state index < -0.39 is 0 Å². The topological polar surface area (TPSA) is 32.6 Å². The lowest BCUT2D eigenvalue weighted by molar-refractivity contribution is -0.341. The lowest BCUT2D eigenvalue weighted by atomic mass is 9.99. The van der Waals surface area contributed by atoms with E-state index in [4.69, 9.17) is 9.47 Å². The third-order valence-corrected chi connectivity index (χ3v) is 4.49. The average molecular weight is 324 g/mol. The highest BCUT2D eigenvalue weighted by molar-refractivity contribution is 6.14. The highest BCUT2D eigenvalue weighted by atomic mass is 35.5. The number of rotatable bonds is 0. The van der Waals surface area contributed by atoms with E-state index in [1.54, 1.807) is 0 Å². The van der Waals surface area contributed by atoms with Gasteiger partial charge in [-0.15, -0.1) is 0 Å². The fraction of sp³-hybridized carbons (Fsp3) is 0.105. The summed E-state index contributed by atoms with van der Waals surface area (Å²) in [6.45, 7) is 2.44. The lowest BCUT2D eigenvalue weighted by Gasteiger charge is -2.05. The molecule has 2 heterocycles. The second-order valence-corrected chi connectivity index (χ2v) is 5.74. The number of nitrogens with one attached hydrogen (secondary N) is 1. The number of H-pyrrole nitrogens is 1. The van der Waals surface area contributed by atoms with Gasteiger partial charge in [-0.2, -0.15) is 0 Å². The van der Waals surface area contributed by atoms with Crippen LogP contribution < -0.4 is 26.9 Å². The summed E-state index contributed by atoms with van der Waals surface area (Å²) in [5.74, 6) is 1.64. The molecule has 5 rings (SSSR count). The number of pyridine rings is 1. The molecule has 0 radical (unpaired) electrons. The first kappa shape index (κ1) is 14.1. The van der Waals surface area contributed by atoms with Crippen LogP contribution in [0.3, 0.4) is 0 Å². The van der Waals surface area contributed by atoms with Gasteiger partial charge in [-0.3, -0.25) is 0 Å². The van der Waals surface area contributed by atoms with Gasteiger partial charge in [0.05, 0.1) is 10.8 Å². The smallest absolute Gasteiger partial charge is 0.231 e. The first-order valence-corrected chi connectivity index (χ1v) is 7.37. The quantitative estimate of drug-likeness (QED) is 0.452. The maximum absolute atomic E-state index is 5.53. The minimum absolute atomic E-state index is 0. The van der Waals surface area contributed by atoms with Gasteiger partial charge in [0.25, 0.3) is 0 Å². The Hall–Kier alpha value is -2.52. The van der Waals surface area contributed by atoms with Crippen LogP contribution in [0.1, 0.15) is 5.56 Å². The molecule has 114 valence electrons. The Balaban J connectivity index is 0.00000135. The van der Waals surface area contributed by atoms with E-state index in [-0.39, 0.29) is 12.4 Å². The second-order valence-electron chi connectivity index (χ2n) is 5.74. The molecule has 0 amide bonds. The summed E-state index contributed by atoms with van der Waals surface area (Å²) >= 11 is 0. The molecule has 1 aliphatic heterocycles. The van der Waals surface area contributed by atoms with E-state index in [9.17, 15) is 0 Å². The average Bonchev–Trinajstić information content (AvgIpc) is 3.00. The molecule has 0 bridgehead atoms. The van der Waals surface area contributed by atoms with Gasteiger partial charge in [-0.05, 0) is 36.1 Å². The van der Waals surface area contributed by atoms with Gasteiger partial charge in [0.2, 0.25) is 12.3 Å². The van der Waals surface area contributed by atoms with Gasteiger partial charge in [0, 0.05) is 10.8 Å². The summed E-state index contributed by atoms with van der Waals surface area (Å²) < 4.78 is 11.0. The van der Waals surface area contributed by atoms with Crippen LogP contribution >= 0.6 is 0 Å². The van der Waals surface area contributed by atoms with Crippen LogP contribution in [0.2, 0.25) is 0 Å². The number of benzene rings is 3. The van der Waals surface area contributed by atoms with Crippen LogP contribution in [-0.2, 0) is 0 Å². The molecule has 3 nitrogen and oxygen atoms in total. The fourth-order valence-electron chi connectivity index (χ4n) is 3.35. The van der Waals surface area contributed by atoms with Crippen molar-refractivity contribution >= 4 is 32.4 Å². The Morgan fingerprint density at radius 3 is 2.57 bits per heavy atom. The second kappa shape index (κ2) is 5.00. The Labute approximate surface area is 139 Å². The number of aryl methyl sites for hydroxylation is 1. The Bertz CT molecular complexity index is 1080. The van der Waals surface area contributed by atoms with E-state index in [1.807, 2.05) is 6.07 Å². The van der Waals surface area contributed by atoms with E-state index in [2.05, 4.69) is 54.5 Å². The van der Waals surface area contributed by atoms with Crippen molar-refractivity contribution in [3.8, 4) is 11.5 Å². The Kier molecular flexibility index (Phi) is 3.06. The zero-order chi connectivity index (χ0) is 14.7. The molecule has 4 aromatic rings. The first-order valence-electron chi connectivity index (χ1n) is 7.37. The number of fused-ring (bicyclic) bond motifs is 6. The maximum atomic E-state index is 5.53. The van der Waals surface area contributed by atoms with Crippen molar-refractivity contribution in [1.29, 1.82) is 0 Å². The van der Waals surface area contributed by atoms with Gasteiger partial charge in [-0.1, -0.05) is 24.3 Å². The molecule has 0 atom stereocenters. The number of ether oxygens (including phenoxy) is 2. The van der Waals surface area contributed by atoms with Gasteiger partial charge < -0.3 is 21.9 Å². The third kappa shape index (κ3) is 1.93. The van der Waals surface area contributed by atoms with Crippen LogP contribution in [0.15, 0.2) is 48.7 Å². The van der Waals surface area contributed by atoms with Crippen LogP contribution in [0.4, 0.5) is 0 Å². The zero-order valence-electron chi connectivity index (χ0n) is 12.5. The predicted molar refractivity (Wildman–Crippen MR) is 86.4 cm³/mol. The maximum Gasteiger partial charge on any atom is 0.231 e. The van der Waals surface area contributed by atoms with E-state index >= 15 is 0 Å². The van der Waals surface area contributed by atoms with Crippen molar-refractivity contribution in [2.45, 2.75) is 6.92 Å². The summed E-state index contributed by atoms with van der Waals surface area (Å²) in [7, 11) is 0. The normalized spacial score (nSPS) is 12.7. The van der Waals surface area contributed by atoms with Crippen molar-refractivity contribution in [1.82, 2.24) is 0 Å². The van der Waals surface area contributed by atoms with Crippen molar-refractivity contribution in [2.24, 2.45) is 0 Å². The minimum Gasteiger partial charge on any atom is -1.00 e. The monoisotopic (exact) mass is 323 g/mol. The number of hydrogen-bond acceptors (Lipinski definition) is 2. The van der Waals surface area contributed by atoms with Crippen molar-refractivity contribution in [2.75, 3.05) is 6.79 Å². The van der Waals surface area contributed by atoms with Gasteiger partial charge in [-0.25, -0.2) is 4.98 Å². The van der Waals surface area contributed by atoms with Gasteiger partial charge >= 0.3 is 0 Å². The molecular weight excluding hydrogens is 310 g/mol. The molecule has 0 unspecified atom stereocenters. The van der Waals surface area contributed by atoms with Crippen molar-refractivity contribution < 1.29 is 26.9 Å². The molecule has 1 aromatic heterocycles. The number of halogens is 1. The number of hydrogen-bond donors (Lipinski definition) is 0. The summed E-state index contributed by atoms with van der Waals surface area (Å²) in [6.07, 6.45) is 2.09. The first-order chi connectivity index (χ1) is 10.8. The Morgan fingerprint density at radius 1 is 0.870 bits per heavy atom. The molecule has 0 saturated heterocycles. The lowest BCUT2D eigenvalue weighted by Crippen LogP contribution is -3.00. The van der Waals surface area contributed by atoms with Crippen molar-refractivity contribution in [3.63, 3.8) is 0 Å². The molecule has 23 heavy (non-hydrogen) atoms.